The van der Waals surface area contributed by atoms with E-state index < -0.39 is 23.3 Å². The monoisotopic (exact) mass is 299 g/mol. The molecule has 0 aliphatic carbocycles. The van der Waals surface area contributed by atoms with Crippen LogP contribution < -0.4 is 16.6 Å². The second kappa shape index (κ2) is 7.39. The average molecular weight is 299 g/mol. The zero-order valence-electron chi connectivity index (χ0n) is 11.4. The van der Waals surface area contributed by atoms with Gasteiger partial charge in [-0.3, -0.25) is 14.6 Å². The van der Waals surface area contributed by atoms with Crippen LogP contribution in [0.1, 0.15) is 24.1 Å². The van der Waals surface area contributed by atoms with Gasteiger partial charge in [-0.15, -0.1) is 0 Å². The number of aromatic nitrogens is 2. The van der Waals surface area contributed by atoms with Crippen molar-refractivity contribution in [1.82, 2.24) is 15.3 Å². The predicted octanol–water partition coefficient (Wildman–Crippen LogP) is -1.74. The zero-order chi connectivity index (χ0) is 16.0. The Kier molecular flexibility index (Phi) is 5.85. The molecule has 1 rings (SSSR count). The molecule has 21 heavy (non-hydrogen) atoms. The van der Waals surface area contributed by atoms with Crippen molar-refractivity contribution in [3.05, 3.63) is 32.1 Å². The predicted molar refractivity (Wildman–Crippen MR) is 72.0 cm³/mol. The summed E-state index contributed by atoms with van der Waals surface area (Å²) in [6.45, 7) is 1.58. The van der Waals surface area contributed by atoms with Crippen LogP contribution in [0, 0.1) is 6.92 Å². The molecule has 1 heterocycles. The van der Waals surface area contributed by atoms with Gasteiger partial charge in [-0.2, -0.15) is 0 Å². The van der Waals surface area contributed by atoms with Crippen LogP contribution in [-0.2, 0) is 16.0 Å². The fraction of sp³-hybridized carbons (Fsp3) is 0.500. The summed E-state index contributed by atoms with van der Waals surface area (Å²) >= 11 is 0. The molecular weight excluding hydrogens is 282 g/mol. The van der Waals surface area contributed by atoms with Crippen molar-refractivity contribution < 1.29 is 19.8 Å². The first-order chi connectivity index (χ1) is 9.81. The first-order valence-corrected chi connectivity index (χ1v) is 6.31. The third-order valence-corrected chi connectivity index (χ3v) is 2.88. The van der Waals surface area contributed by atoms with Crippen LogP contribution in [0.4, 0.5) is 0 Å². The van der Waals surface area contributed by atoms with Crippen molar-refractivity contribution in [3.8, 4) is 0 Å². The Morgan fingerprint density at radius 3 is 2.52 bits per heavy atom. The van der Waals surface area contributed by atoms with Crippen LogP contribution in [0.5, 0.6) is 0 Å². The van der Waals surface area contributed by atoms with Crippen molar-refractivity contribution in [1.29, 1.82) is 0 Å². The summed E-state index contributed by atoms with van der Waals surface area (Å²) in [7, 11) is 0. The van der Waals surface area contributed by atoms with Gasteiger partial charge in [-0.05, 0) is 13.3 Å². The topological polar surface area (TPSA) is 152 Å². The molecule has 0 radical (unpaired) electrons. The molecular formula is C12H17N3O6. The number of aryl methyl sites for hydroxylation is 1. The summed E-state index contributed by atoms with van der Waals surface area (Å²) in [5.41, 5.74) is -0.424. The Morgan fingerprint density at radius 1 is 1.29 bits per heavy atom. The molecule has 0 fully saturated rings. The number of carbonyl (C=O) groups excluding carboxylic acids is 1. The lowest BCUT2D eigenvalue weighted by molar-refractivity contribution is -0.147. The van der Waals surface area contributed by atoms with E-state index in [1.165, 1.54) is 0 Å². The van der Waals surface area contributed by atoms with Crippen LogP contribution in [-0.4, -0.2) is 44.7 Å². The Balaban J connectivity index is 2.46. The van der Waals surface area contributed by atoms with E-state index in [4.69, 9.17) is 10.2 Å². The smallest absolute Gasteiger partial charge is 0.332 e. The number of carbonyl (C=O) groups is 2. The van der Waals surface area contributed by atoms with Crippen molar-refractivity contribution in [2.75, 3.05) is 6.54 Å². The van der Waals surface area contributed by atoms with E-state index in [1.54, 1.807) is 6.92 Å². The molecule has 0 aromatic carbocycles. The van der Waals surface area contributed by atoms with Crippen molar-refractivity contribution >= 4 is 11.9 Å². The highest BCUT2D eigenvalue weighted by atomic mass is 16.4. The molecule has 0 saturated heterocycles. The summed E-state index contributed by atoms with van der Waals surface area (Å²) in [4.78, 5) is 48.9. The Bertz CT molecular complexity index is 633. The molecule has 0 spiro atoms. The molecule has 0 saturated carbocycles. The van der Waals surface area contributed by atoms with E-state index in [1.807, 2.05) is 0 Å². The third-order valence-electron chi connectivity index (χ3n) is 2.88. The number of aliphatic hydroxyl groups excluding tert-OH is 1. The zero-order valence-corrected chi connectivity index (χ0v) is 11.4. The van der Waals surface area contributed by atoms with E-state index in [0.717, 1.165) is 0 Å². The van der Waals surface area contributed by atoms with Gasteiger partial charge in [-0.1, -0.05) is 0 Å². The number of rotatable bonds is 7. The number of nitrogens with one attached hydrogen (secondary N) is 3. The summed E-state index contributed by atoms with van der Waals surface area (Å²) in [5, 5.41) is 19.9. The van der Waals surface area contributed by atoms with Gasteiger partial charge in [0.15, 0.2) is 6.10 Å². The van der Waals surface area contributed by atoms with Gasteiger partial charge in [0.1, 0.15) is 0 Å². The second-order valence-corrected chi connectivity index (χ2v) is 4.50. The van der Waals surface area contributed by atoms with Crippen LogP contribution in [0.3, 0.4) is 0 Å². The Hall–Kier alpha value is -2.42. The SMILES string of the molecule is Cc1[nH]c(=O)[nH]c(=O)c1CCC(=O)NCC[C@H](O)C(=O)O. The number of aliphatic carboxylic acids is 1. The average Bonchev–Trinajstić information content (AvgIpc) is 2.37. The number of hydrogen-bond donors (Lipinski definition) is 5. The van der Waals surface area contributed by atoms with Crippen LogP contribution >= 0.6 is 0 Å². The minimum atomic E-state index is -1.52. The summed E-state index contributed by atoms with van der Waals surface area (Å²) < 4.78 is 0. The minimum absolute atomic E-state index is 0.0130. The van der Waals surface area contributed by atoms with E-state index in [2.05, 4.69) is 15.3 Å². The van der Waals surface area contributed by atoms with E-state index >= 15 is 0 Å². The minimum Gasteiger partial charge on any atom is -0.479 e. The molecule has 116 valence electrons. The van der Waals surface area contributed by atoms with E-state index in [0.29, 0.717) is 11.3 Å². The van der Waals surface area contributed by atoms with Gasteiger partial charge in [-0.25, -0.2) is 9.59 Å². The van der Waals surface area contributed by atoms with Crippen LogP contribution in [0.25, 0.3) is 0 Å². The summed E-state index contributed by atoms with van der Waals surface area (Å²) in [6.07, 6.45) is -1.46. The Labute approximate surface area is 119 Å². The molecule has 0 bridgehead atoms. The lowest BCUT2D eigenvalue weighted by Crippen LogP contribution is -2.31. The van der Waals surface area contributed by atoms with Crippen molar-refractivity contribution in [3.63, 3.8) is 0 Å². The number of amides is 1. The molecule has 9 nitrogen and oxygen atoms in total. The maximum Gasteiger partial charge on any atom is 0.332 e. The molecule has 5 N–H and O–H groups in total. The van der Waals surface area contributed by atoms with Crippen molar-refractivity contribution in [2.45, 2.75) is 32.3 Å². The molecule has 1 aromatic heterocycles. The number of hydrogen-bond acceptors (Lipinski definition) is 5. The van der Waals surface area contributed by atoms with Gasteiger partial charge in [0.05, 0.1) is 0 Å². The molecule has 0 aliphatic rings. The third kappa shape index (κ3) is 5.22. The highest BCUT2D eigenvalue weighted by Crippen LogP contribution is 2.00. The van der Waals surface area contributed by atoms with Crippen molar-refractivity contribution in [2.24, 2.45) is 0 Å². The second-order valence-electron chi connectivity index (χ2n) is 4.50. The first-order valence-electron chi connectivity index (χ1n) is 6.31. The first kappa shape index (κ1) is 16.6. The normalized spacial score (nSPS) is 11.9. The van der Waals surface area contributed by atoms with Gasteiger partial charge in [0, 0.05) is 30.6 Å². The number of carboxylic acid groups (broad SMARTS) is 1. The van der Waals surface area contributed by atoms with Gasteiger partial charge in [0.2, 0.25) is 5.91 Å². The Morgan fingerprint density at radius 2 is 1.95 bits per heavy atom. The van der Waals surface area contributed by atoms with Gasteiger partial charge < -0.3 is 20.5 Å². The fourth-order valence-electron chi connectivity index (χ4n) is 1.73. The maximum atomic E-state index is 11.5. The van der Waals surface area contributed by atoms with Crippen LogP contribution in [0.15, 0.2) is 9.59 Å². The fourth-order valence-corrected chi connectivity index (χ4v) is 1.73. The van der Waals surface area contributed by atoms with E-state index in [-0.39, 0.29) is 31.7 Å². The largest absolute Gasteiger partial charge is 0.479 e. The molecule has 0 unspecified atom stereocenters. The standard InChI is InChI=1S/C12H17N3O6/c1-6-7(10(18)15-12(21)14-6)2-3-9(17)13-5-4-8(16)11(19)20/h8,16H,2-5H2,1H3,(H,13,17)(H,19,20)(H2,14,15,18,21)/t8-/m0/s1. The maximum absolute atomic E-state index is 11.5. The van der Waals surface area contributed by atoms with E-state index in [9.17, 15) is 19.2 Å². The lowest BCUT2D eigenvalue weighted by atomic mass is 10.1. The summed E-state index contributed by atoms with van der Waals surface area (Å²) in [6, 6.07) is 0. The van der Waals surface area contributed by atoms with Gasteiger partial charge in [0.25, 0.3) is 5.56 Å². The highest BCUT2D eigenvalue weighted by Gasteiger charge is 2.13. The number of carboxylic acids is 1. The number of H-pyrrole nitrogens is 2. The van der Waals surface area contributed by atoms with Gasteiger partial charge >= 0.3 is 11.7 Å². The summed E-state index contributed by atoms with van der Waals surface area (Å²) in [5.74, 6) is -1.72. The quantitative estimate of drug-likeness (QED) is 0.403. The molecule has 1 amide bonds. The highest BCUT2D eigenvalue weighted by molar-refractivity contribution is 5.76. The number of aliphatic hydroxyl groups is 1. The molecule has 9 heteroatoms. The molecule has 0 aliphatic heterocycles. The molecule has 1 aromatic rings. The number of aromatic amines is 2. The lowest BCUT2D eigenvalue weighted by Gasteiger charge is -2.08. The molecule has 1 atom stereocenters. The van der Waals surface area contributed by atoms with Crippen LogP contribution in [0.2, 0.25) is 0 Å².